The van der Waals surface area contributed by atoms with Crippen LogP contribution in [0.5, 0.6) is 0 Å². The minimum absolute atomic E-state index is 0. The van der Waals surface area contributed by atoms with Crippen LogP contribution in [0.3, 0.4) is 0 Å². The average Bonchev–Trinajstić information content (AvgIpc) is 2.34. The molecule has 1 aromatic carbocycles. The quantitative estimate of drug-likeness (QED) is 0.849. The number of amides is 1. The van der Waals surface area contributed by atoms with Gasteiger partial charge in [0, 0.05) is 23.4 Å². The van der Waals surface area contributed by atoms with Crippen LogP contribution >= 0.6 is 24.0 Å². The zero-order chi connectivity index (χ0) is 13.6. The van der Waals surface area contributed by atoms with E-state index in [0.717, 1.165) is 17.0 Å². The van der Waals surface area contributed by atoms with Gasteiger partial charge < -0.3 is 11.1 Å². The van der Waals surface area contributed by atoms with E-state index in [4.69, 9.17) is 17.3 Å². The van der Waals surface area contributed by atoms with Gasteiger partial charge in [-0.15, -0.1) is 12.4 Å². The SMILES string of the molecule is CC(C)(CNC(=O)CCCN)c1ccc(Cl)cc1.Cl. The van der Waals surface area contributed by atoms with Crippen LogP contribution in [0.1, 0.15) is 32.3 Å². The van der Waals surface area contributed by atoms with Crippen molar-refractivity contribution in [1.82, 2.24) is 5.32 Å². The van der Waals surface area contributed by atoms with E-state index in [9.17, 15) is 4.79 Å². The summed E-state index contributed by atoms with van der Waals surface area (Å²) in [5, 5.41) is 3.67. The van der Waals surface area contributed by atoms with E-state index in [2.05, 4.69) is 19.2 Å². The maximum absolute atomic E-state index is 11.5. The van der Waals surface area contributed by atoms with Crippen LogP contribution in [0.25, 0.3) is 0 Å². The fourth-order valence-corrected chi connectivity index (χ4v) is 1.80. The van der Waals surface area contributed by atoms with E-state index in [0.29, 0.717) is 19.5 Å². The molecule has 0 fully saturated rings. The zero-order valence-corrected chi connectivity index (χ0v) is 13.0. The topological polar surface area (TPSA) is 55.1 Å². The van der Waals surface area contributed by atoms with E-state index in [1.54, 1.807) is 0 Å². The molecular weight excluding hydrogens is 283 g/mol. The summed E-state index contributed by atoms with van der Waals surface area (Å²) >= 11 is 5.86. The highest BCUT2D eigenvalue weighted by molar-refractivity contribution is 6.30. The molecule has 0 aliphatic carbocycles. The Hall–Kier alpha value is -0.770. The Kier molecular flexibility index (Phi) is 8.07. The number of benzene rings is 1. The monoisotopic (exact) mass is 304 g/mol. The number of nitrogens with one attached hydrogen (secondary N) is 1. The Labute approximate surface area is 126 Å². The van der Waals surface area contributed by atoms with Crippen LogP contribution in [-0.2, 0) is 10.2 Å². The first-order valence-electron chi connectivity index (χ1n) is 6.18. The molecule has 19 heavy (non-hydrogen) atoms. The highest BCUT2D eigenvalue weighted by atomic mass is 35.5. The van der Waals surface area contributed by atoms with Gasteiger partial charge >= 0.3 is 0 Å². The van der Waals surface area contributed by atoms with Crippen LogP contribution < -0.4 is 11.1 Å². The maximum atomic E-state index is 11.5. The van der Waals surface area contributed by atoms with Gasteiger partial charge in [0.25, 0.3) is 0 Å². The summed E-state index contributed by atoms with van der Waals surface area (Å²) < 4.78 is 0. The lowest BCUT2D eigenvalue weighted by molar-refractivity contribution is -0.121. The first kappa shape index (κ1) is 18.2. The number of carbonyl (C=O) groups excluding carboxylic acids is 1. The number of carbonyl (C=O) groups is 1. The van der Waals surface area contributed by atoms with Crippen molar-refractivity contribution in [3.63, 3.8) is 0 Å². The summed E-state index contributed by atoms with van der Waals surface area (Å²) in [5.41, 5.74) is 6.42. The van der Waals surface area contributed by atoms with Crippen molar-refractivity contribution in [1.29, 1.82) is 0 Å². The Morgan fingerprint density at radius 3 is 2.42 bits per heavy atom. The third-order valence-electron chi connectivity index (χ3n) is 2.96. The van der Waals surface area contributed by atoms with Gasteiger partial charge in [-0.1, -0.05) is 37.6 Å². The van der Waals surface area contributed by atoms with Crippen LogP contribution in [0.15, 0.2) is 24.3 Å². The molecule has 0 spiro atoms. The summed E-state index contributed by atoms with van der Waals surface area (Å²) in [6.45, 7) is 5.35. The number of rotatable bonds is 6. The smallest absolute Gasteiger partial charge is 0.220 e. The van der Waals surface area contributed by atoms with E-state index in [1.165, 1.54) is 0 Å². The summed E-state index contributed by atoms with van der Waals surface area (Å²) in [6, 6.07) is 7.73. The van der Waals surface area contributed by atoms with Gasteiger partial charge in [0.05, 0.1) is 0 Å². The Morgan fingerprint density at radius 1 is 1.32 bits per heavy atom. The third-order valence-corrected chi connectivity index (χ3v) is 3.21. The fraction of sp³-hybridized carbons (Fsp3) is 0.500. The summed E-state index contributed by atoms with van der Waals surface area (Å²) in [7, 11) is 0. The second-order valence-corrected chi connectivity index (χ2v) is 5.50. The van der Waals surface area contributed by atoms with Crippen molar-refractivity contribution < 1.29 is 4.79 Å². The molecule has 0 aliphatic rings. The minimum Gasteiger partial charge on any atom is -0.355 e. The van der Waals surface area contributed by atoms with Crippen LogP contribution in [-0.4, -0.2) is 19.0 Å². The molecule has 0 bridgehead atoms. The van der Waals surface area contributed by atoms with Crippen molar-refractivity contribution in [2.75, 3.05) is 13.1 Å². The van der Waals surface area contributed by atoms with Gasteiger partial charge in [0.15, 0.2) is 0 Å². The van der Waals surface area contributed by atoms with Gasteiger partial charge in [-0.25, -0.2) is 0 Å². The largest absolute Gasteiger partial charge is 0.355 e. The molecule has 5 heteroatoms. The van der Waals surface area contributed by atoms with Gasteiger partial charge in [-0.2, -0.15) is 0 Å². The molecule has 0 aromatic heterocycles. The highest BCUT2D eigenvalue weighted by Crippen LogP contribution is 2.23. The van der Waals surface area contributed by atoms with Crippen molar-refractivity contribution in [3.8, 4) is 0 Å². The molecule has 3 nitrogen and oxygen atoms in total. The average molecular weight is 305 g/mol. The van der Waals surface area contributed by atoms with E-state index in [1.807, 2.05) is 24.3 Å². The van der Waals surface area contributed by atoms with Gasteiger partial charge in [-0.3, -0.25) is 4.79 Å². The molecule has 0 atom stereocenters. The predicted molar refractivity (Wildman–Crippen MR) is 83.0 cm³/mol. The molecule has 108 valence electrons. The van der Waals surface area contributed by atoms with Crippen LogP contribution in [0, 0.1) is 0 Å². The first-order chi connectivity index (χ1) is 8.45. The van der Waals surface area contributed by atoms with Crippen molar-refractivity contribution in [2.24, 2.45) is 5.73 Å². The first-order valence-corrected chi connectivity index (χ1v) is 6.56. The third kappa shape index (κ3) is 6.28. The lowest BCUT2D eigenvalue weighted by atomic mass is 9.84. The van der Waals surface area contributed by atoms with E-state index in [-0.39, 0.29) is 23.7 Å². The molecule has 1 aromatic rings. The van der Waals surface area contributed by atoms with Crippen molar-refractivity contribution >= 4 is 29.9 Å². The lowest BCUT2D eigenvalue weighted by Gasteiger charge is -2.25. The number of halogens is 2. The molecule has 0 saturated heterocycles. The Balaban J connectivity index is 0.00000324. The highest BCUT2D eigenvalue weighted by Gasteiger charge is 2.21. The molecule has 0 aliphatic heterocycles. The predicted octanol–water partition coefficient (Wildman–Crippen LogP) is 2.89. The molecular formula is C14H22Cl2N2O. The summed E-state index contributed by atoms with van der Waals surface area (Å²) in [6.07, 6.45) is 1.22. The second-order valence-electron chi connectivity index (χ2n) is 5.06. The van der Waals surface area contributed by atoms with Crippen LogP contribution in [0.4, 0.5) is 0 Å². The standard InChI is InChI=1S/C14H21ClN2O.ClH/c1-14(2,10-17-13(18)4-3-9-16)11-5-7-12(15)8-6-11;/h5-8H,3-4,9-10,16H2,1-2H3,(H,17,18);1H. The normalized spacial score (nSPS) is 10.7. The van der Waals surface area contributed by atoms with E-state index < -0.39 is 0 Å². The maximum Gasteiger partial charge on any atom is 0.220 e. The number of hydrogen-bond acceptors (Lipinski definition) is 2. The Morgan fingerprint density at radius 2 is 1.89 bits per heavy atom. The molecule has 0 radical (unpaired) electrons. The molecule has 1 amide bonds. The Bertz CT molecular complexity index is 391. The second kappa shape index (κ2) is 8.41. The van der Waals surface area contributed by atoms with Crippen molar-refractivity contribution in [2.45, 2.75) is 32.1 Å². The fourth-order valence-electron chi connectivity index (χ4n) is 1.67. The number of nitrogens with two attached hydrogens (primary N) is 1. The molecule has 0 heterocycles. The lowest BCUT2D eigenvalue weighted by Crippen LogP contribution is -2.36. The molecule has 3 N–H and O–H groups in total. The van der Waals surface area contributed by atoms with Gasteiger partial charge in [-0.05, 0) is 30.7 Å². The molecule has 0 saturated carbocycles. The number of hydrogen-bond donors (Lipinski definition) is 2. The molecule has 0 unspecified atom stereocenters. The summed E-state index contributed by atoms with van der Waals surface area (Å²) in [5.74, 6) is 0.0579. The zero-order valence-electron chi connectivity index (χ0n) is 11.4. The van der Waals surface area contributed by atoms with E-state index >= 15 is 0 Å². The minimum atomic E-state index is -0.108. The van der Waals surface area contributed by atoms with Crippen LogP contribution in [0.2, 0.25) is 5.02 Å². The van der Waals surface area contributed by atoms with Crippen molar-refractivity contribution in [3.05, 3.63) is 34.9 Å². The van der Waals surface area contributed by atoms with Gasteiger partial charge in [0.1, 0.15) is 0 Å². The summed E-state index contributed by atoms with van der Waals surface area (Å²) in [4.78, 5) is 11.5. The van der Waals surface area contributed by atoms with Gasteiger partial charge in [0.2, 0.25) is 5.91 Å². The molecule has 1 rings (SSSR count).